The van der Waals surface area contributed by atoms with Crippen molar-refractivity contribution in [2.45, 2.75) is 52.0 Å². The van der Waals surface area contributed by atoms with E-state index < -0.39 is 0 Å². The van der Waals surface area contributed by atoms with Crippen LogP contribution < -0.4 is 11.3 Å². The molecule has 0 radical (unpaired) electrons. The number of hydrazine groups is 1. The molecule has 0 spiro atoms. The Morgan fingerprint density at radius 3 is 2.56 bits per heavy atom. The standard InChI is InChI=1S/C14H26N4/c1-11(2)10-14(6-4-5-7-14)12(17-15)13-16-8-9-18(13)3/h8-9,11-12,17H,4-7,10,15H2,1-3H3. The Labute approximate surface area is 110 Å². The molecule has 1 unspecified atom stereocenters. The lowest BCUT2D eigenvalue weighted by atomic mass is 9.72. The summed E-state index contributed by atoms with van der Waals surface area (Å²) in [6.07, 6.45) is 10.2. The normalized spacial score (nSPS) is 20.5. The SMILES string of the molecule is CC(C)CC1(C(NN)c2nccn2C)CCCC1. The number of nitrogens with one attached hydrogen (secondary N) is 1. The molecule has 0 aromatic carbocycles. The highest BCUT2D eigenvalue weighted by Gasteiger charge is 2.43. The Kier molecular flexibility index (Phi) is 4.07. The predicted octanol–water partition coefficient (Wildman–Crippen LogP) is 2.53. The van der Waals surface area contributed by atoms with Gasteiger partial charge in [0, 0.05) is 19.4 Å². The van der Waals surface area contributed by atoms with E-state index in [0.717, 1.165) is 5.82 Å². The van der Waals surface area contributed by atoms with Gasteiger partial charge < -0.3 is 4.57 Å². The van der Waals surface area contributed by atoms with Crippen LogP contribution in [0, 0.1) is 11.3 Å². The third-order valence-corrected chi connectivity index (χ3v) is 4.31. The zero-order chi connectivity index (χ0) is 13.2. The average molecular weight is 250 g/mol. The molecular weight excluding hydrogens is 224 g/mol. The van der Waals surface area contributed by atoms with Crippen molar-refractivity contribution < 1.29 is 0 Å². The van der Waals surface area contributed by atoms with Crippen LogP contribution in [-0.2, 0) is 7.05 Å². The number of hydrogen-bond donors (Lipinski definition) is 2. The molecule has 1 aliphatic rings. The highest BCUT2D eigenvalue weighted by Crippen LogP contribution is 2.50. The molecule has 4 heteroatoms. The molecule has 2 rings (SSSR count). The summed E-state index contributed by atoms with van der Waals surface area (Å²) in [6, 6.07) is 0.169. The molecule has 0 bridgehead atoms. The molecule has 0 aliphatic heterocycles. The number of imidazole rings is 1. The molecule has 1 saturated carbocycles. The molecule has 3 N–H and O–H groups in total. The molecule has 4 nitrogen and oxygen atoms in total. The molecule has 1 atom stereocenters. The van der Waals surface area contributed by atoms with Gasteiger partial charge in [0.25, 0.3) is 0 Å². The van der Waals surface area contributed by atoms with Crippen LogP contribution in [0.15, 0.2) is 12.4 Å². The quantitative estimate of drug-likeness (QED) is 0.623. The van der Waals surface area contributed by atoms with Crippen molar-refractivity contribution in [2.24, 2.45) is 24.2 Å². The topological polar surface area (TPSA) is 55.9 Å². The van der Waals surface area contributed by atoms with E-state index in [-0.39, 0.29) is 11.5 Å². The van der Waals surface area contributed by atoms with E-state index in [4.69, 9.17) is 5.84 Å². The zero-order valence-electron chi connectivity index (χ0n) is 11.8. The largest absolute Gasteiger partial charge is 0.337 e. The summed E-state index contributed by atoms with van der Waals surface area (Å²) in [5.41, 5.74) is 3.33. The van der Waals surface area contributed by atoms with E-state index in [0.29, 0.717) is 5.92 Å². The second kappa shape index (κ2) is 5.41. The van der Waals surface area contributed by atoms with Crippen molar-refractivity contribution in [1.29, 1.82) is 0 Å². The van der Waals surface area contributed by atoms with Gasteiger partial charge in [0.15, 0.2) is 0 Å². The van der Waals surface area contributed by atoms with E-state index >= 15 is 0 Å². The first-order valence-electron chi connectivity index (χ1n) is 7.02. The summed E-state index contributed by atoms with van der Waals surface area (Å²) < 4.78 is 2.09. The second-order valence-electron chi connectivity index (χ2n) is 6.16. The average Bonchev–Trinajstić information content (AvgIpc) is 2.90. The van der Waals surface area contributed by atoms with Crippen LogP contribution in [0.5, 0.6) is 0 Å². The molecule has 0 saturated heterocycles. The molecular formula is C14H26N4. The Morgan fingerprint density at radius 2 is 2.11 bits per heavy atom. The minimum absolute atomic E-state index is 0.169. The van der Waals surface area contributed by atoms with Gasteiger partial charge in [-0.15, -0.1) is 0 Å². The third kappa shape index (κ3) is 2.45. The van der Waals surface area contributed by atoms with Gasteiger partial charge in [0.2, 0.25) is 0 Å². The molecule has 1 aromatic rings. The summed E-state index contributed by atoms with van der Waals surface area (Å²) >= 11 is 0. The van der Waals surface area contributed by atoms with Crippen molar-refractivity contribution in [3.05, 3.63) is 18.2 Å². The molecule has 1 fully saturated rings. The second-order valence-corrected chi connectivity index (χ2v) is 6.16. The lowest BCUT2D eigenvalue weighted by Gasteiger charge is -2.38. The van der Waals surface area contributed by atoms with E-state index in [1.807, 2.05) is 19.4 Å². The van der Waals surface area contributed by atoms with Crippen molar-refractivity contribution in [1.82, 2.24) is 15.0 Å². The molecule has 1 aromatic heterocycles. The van der Waals surface area contributed by atoms with Crippen LogP contribution in [0.1, 0.15) is 57.8 Å². The van der Waals surface area contributed by atoms with E-state index in [1.165, 1.54) is 32.1 Å². The van der Waals surface area contributed by atoms with Crippen LogP contribution in [0.3, 0.4) is 0 Å². The fourth-order valence-corrected chi connectivity index (χ4v) is 3.68. The van der Waals surface area contributed by atoms with Gasteiger partial charge in [0.05, 0.1) is 6.04 Å². The van der Waals surface area contributed by atoms with E-state index in [2.05, 4.69) is 28.8 Å². The Hall–Kier alpha value is -0.870. The first-order valence-corrected chi connectivity index (χ1v) is 7.02. The highest BCUT2D eigenvalue weighted by atomic mass is 15.3. The Bertz CT molecular complexity index is 377. The van der Waals surface area contributed by atoms with Gasteiger partial charge in [0.1, 0.15) is 5.82 Å². The van der Waals surface area contributed by atoms with Gasteiger partial charge >= 0.3 is 0 Å². The van der Waals surface area contributed by atoms with Crippen molar-refractivity contribution in [3.8, 4) is 0 Å². The molecule has 0 amide bonds. The lowest BCUT2D eigenvalue weighted by Crippen LogP contribution is -2.42. The minimum Gasteiger partial charge on any atom is -0.337 e. The number of rotatable bonds is 5. The van der Waals surface area contributed by atoms with Crippen molar-refractivity contribution >= 4 is 0 Å². The van der Waals surface area contributed by atoms with Crippen LogP contribution in [0.4, 0.5) is 0 Å². The van der Waals surface area contributed by atoms with Crippen LogP contribution in [-0.4, -0.2) is 9.55 Å². The molecule has 1 aliphatic carbocycles. The fourth-order valence-electron chi connectivity index (χ4n) is 3.68. The van der Waals surface area contributed by atoms with Crippen LogP contribution in [0.2, 0.25) is 0 Å². The Balaban J connectivity index is 2.31. The predicted molar refractivity (Wildman–Crippen MR) is 73.6 cm³/mol. The summed E-state index contributed by atoms with van der Waals surface area (Å²) in [4.78, 5) is 4.50. The van der Waals surface area contributed by atoms with Crippen LogP contribution >= 0.6 is 0 Å². The monoisotopic (exact) mass is 250 g/mol. The lowest BCUT2D eigenvalue weighted by molar-refractivity contribution is 0.147. The minimum atomic E-state index is 0.169. The van der Waals surface area contributed by atoms with Crippen molar-refractivity contribution in [2.75, 3.05) is 0 Å². The zero-order valence-corrected chi connectivity index (χ0v) is 11.8. The number of aryl methyl sites for hydroxylation is 1. The summed E-state index contributed by atoms with van der Waals surface area (Å²) in [7, 11) is 2.05. The van der Waals surface area contributed by atoms with Crippen LogP contribution in [0.25, 0.3) is 0 Å². The van der Waals surface area contributed by atoms with E-state index in [9.17, 15) is 0 Å². The molecule has 18 heavy (non-hydrogen) atoms. The van der Waals surface area contributed by atoms with Gasteiger partial charge in [-0.25, -0.2) is 10.4 Å². The molecule has 102 valence electrons. The number of hydrogen-bond acceptors (Lipinski definition) is 3. The van der Waals surface area contributed by atoms with Crippen molar-refractivity contribution in [3.63, 3.8) is 0 Å². The maximum atomic E-state index is 5.87. The number of aromatic nitrogens is 2. The number of nitrogens with zero attached hydrogens (tertiary/aromatic N) is 2. The first-order chi connectivity index (χ1) is 8.59. The summed E-state index contributed by atoms with van der Waals surface area (Å²) in [5.74, 6) is 7.63. The maximum absolute atomic E-state index is 5.87. The van der Waals surface area contributed by atoms with Gasteiger partial charge in [-0.1, -0.05) is 26.7 Å². The Morgan fingerprint density at radius 1 is 1.44 bits per heavy atom. The smallest absolute Gasteiger partial charge is 0.127 e. The third-order valence-electron chi connectivity index (χ3n) is 4.31. The summed E-state index contributed by atoms with van der Waals surface area (Å²) in [5, 5.41) is 0. The van der Waals surface area contributed by atoms with E-state index in [1.54, 1.807) is 0 Å². The highest BCUT2D eigenvalue weighted by molar-refractivity contribution is 5.07. The fraction of sp³-hybridized carbons (Fsp3) is 0.786. The maximum Gasteiger partial charge on any atom is 0.127 e. The first kappa shape index (κ1) is 13.6. The number of nitrogens with two attached hydrogens (primary N) is 1. The molecule has 1 heterocycles. The summed E-state index contributed by atoms with van der Waals surface area (Å²) in [6.45, 7) is 4.60. The van der Waals surface area contributed by atoms with Gasteiger partial charge in [-0.2, -0.15) is 0 Å². The van der Waals surface area contributed by atoms with Gasteiger partial charge in [-0.05, 0) is 30.6 Å². The van der Waals surface area contributed by atoms with Gasteiger partial charge in [-0.3, -0.25) is 5.84 Å².